The largest absolute Gasteiger partial charge is 1.00 e. The van der Waals surface area contributed by atoms with E-state index in [-0.39, 0.29) is 49.5 Å². The van der Waals surface area contributed by atoms with Gasteiger partial charge in [0.05, 0.1) is 7.11 Å². The molecule has 0 unspecified atom stereocenters. The number of benzene rings is 2. The summed E-state index contributed by atoms with van der Waals surface area (Å²) in [5, 5.41) is 13.8. The molecule has 1 heterocycles. The Labute approximate surface area is 311 Å². The third-order valence-corrected chi connectivity index (χ3v) is 8.62. The van der Waals surface area contributed by atoms with Crippen LogP contribution in [0.4, 0.5) is 25.2 Å². The summed E-state index contributed by atoms with van der Waals surface area (Å²) in [4.78, 5) is 41.3. The van der Waals surface area contributed by atoms with Crippen LogP contribution >= 0.6 is 19.4 Å². The van der Waals surface area contributed by atoms with Crippen molar-refractivity contribution in [1.82, 2.24) is 10.2 Å². The minimum absolute atomic E-state index is 0. The summed E-state index contributed by atoms with van der Waals surface area (Å²) in [6.07, 6.45) is 17.9. The van der Waals surface area contributed by atoms with Crippen LogP contribution in [0.3, 0.4) is 0 Å². The number of allylic oxidation sites excluding steroid dienone is 4. The zero-order valence-electron chi connectivity index (χ0n) is 27.9. The number of esters is 1. The molecule has 3 aliphatic rings. The van der Waals surface area contributed by atoms with Crippen LogP contribution in [0.1, 0.15) is 68.1 Å². The Bertz CT molecular complexity index is 1520. The van der Waals surface area contributed by atoms with E-state index in [4.69, 9.17) is 16.3 Å². The van der Waals surface area contributed by atoms with Gasteiger partial charge in [-0.1, -0.05) is 73.4 Å². The average molecular weight is 852 g/mol. The third kappa shape index (κ3) is 17.4. The summed E-state index contributed by atoms with van der Waals surface area (Å²) in [7, 11) is -9.34. The number of phenolic OH excluding ortho intramolecular Hbond substituents is 1. The van der Waals surface area contributed by atoms with E-state index in [9.17, 15) is 44.7 Å². The van der Waals surface area contributed by atoms with Gasteiger partial charge in [-0.25, -0.2) is 4.79 Å². The molecular formula is C35H42ClF6N2O5PRu. The topological polar surface area (TPSA) is 95.9 Å². The Balaban J connectivity index is 0.000000589. The number of aryl methyl sites for hydroxylation is 1. The Morgan fingerprint density at radius 1 is 0.922 bits per heavy atom. The summed E-state index contributed by atoms with van der Waals surface area (Å²) in [5.74, 6) is -0.736. The molecule has 2 atom stereocenters. The fourth-order valence-electron chi connectivity index (χ4n) is 6.01. The van der Waals surface area contributed by atoms with E-state index >= 15 is 0 Å². The Kier molecular flexibility index (Phi) is 16.2. The molecule has 0 saturated heterocycles. The predicted octanol–water partition coefficient (Wildman–Crippen LogP) is 9.65. The molecule has 51 heavy (non-hydrogen) atoms. The van der Waals surface area contributed by atoms with E-state index in [0.29, 0.717) is 24.3 Å². The smallest absolute Gasteiger partial charge is 0.0767 e. The zero-order chi connectivity index (χ0) is 37.0. The number of ether oxygens (including phenoxy) is 1. The summed E-state index contributed by atoms with van der Waals surface area (Å²) in [6.45, 7) is 0.183. The van der Waals surface area contributed by atoms with Gasteiger partial charge in [-0.05, 0) is 79.0 Å². The standard InChI is InChI=1S/C30H37ClN2O5.C5H5.F6P.Ru/c1-38-30(37)26-18-22-13-16-25(34)17-23(22)19-33(26)29(36)28(21-8-3-2-4-9-21)32-27(35)10-6-5-7-20-11-14-24(31)15-12-20;1-2-4-5-3-1;1-7(2,3,4,5)6;/h11-17,21,26,28,34H,2-10,18-19H2,1H3,(H,32,35);1-5H;;/q;;-1;+1/t26-,28-;;;/m0.../s1. The number of nitrogens with zero attached hydrogens (tertiary/aromatic N) is 1. The van der Waals surface area contributed by atoms with Crippen LogP contribution in [0.5, 0.6) is 5.75 Å². The normalized spacial score (nSPS) is 18.6. The van der Waals surface area contributed by atoms with Crippen molar-refractivity contribution >= 4 is 37.2 Å². The monoisotopic (exact) mass is 852 g/mol. The van der Waals surface area contributed by atoms with E-state index in [1.165, 1.54) is 17.6 Å². The Hall–Kier alpha value is -2.95. The van der Waals surface area contributed by atoms with E-state index < -0.39 is 25.9 Å². The molecule has 2 aliphatic carbocycles. The Morgan fingerprint density at radius 2 is 1.53 bits per heavy atom. The maximum absolute atomic E-state index is 14.0. The van der Waals surface area contributed by atoms with Crippen molar-refractivity contribution in [1.29, 1.82) is 0 Å². The molecule has 2 N–H and O–H groups in total. The molecular weight excluding hydrogens is 810 g/mol. The van der Waals surface area contributed by atoms with Gasteiger partial charge in [0, 0.05) is 30.8 Å². The first-order chi connectivity index (χ1) is 23.3. The van der Waals surface area contributed by atoms with Gasteiger partial charge in [-0.3, -0.25) is 9.59 Å². The fourth-order valence-corrected chi connectivity index (χ4v) is 6.13. The number of carbonyl (C=O) groups excluding carboxylic acids is 3. The minimum atomic E-state index is -10.7. The average Bonchev–Trinajstić information content (AvgIpc) is 3.65. The number of unbranched alkanes of at least 4 members (excludes halogenated alkanes) is 1. The number of rotatable bonds is 9. The van der Waals surface area contributed by atoms with Crippen LogP contribution in [0.15, 0.2) is 66.8 Å². The SMILES string of the molecule is COC(=O)[C@@H]1Cc2ccc(O)cc2CN1C(=O)[C@@H](NC(=O)CCCCc1ccc(Cl)cc1)C1CCCCC1.F[P-](F)(F)(F)(F)F.[CH]1C=CC=C1.[Ru+]. The molecule has 2 amide bonds. The van der Waals surface area contributed by atoms with E-state index in [1.54, 1.807) is 18.2 Å². The molecule has 2 aromatic rings. The van der Waals surface area contributed by atoms with Gasteiger partial charge in [-0.2, -0.15) is 0 Å². The number of carbonyl (C=O) groups is 3. The Morgan fingerprint density at radius 3 is 2.08 bits per heavy atom. The van der Waals surface area contributed by atoms with Crippen molar-refractivity contribution in [3.8, 4) is 5.75 Å². The number of fused-ring (bicyclic) bond motifs is 1. The minimum Gasteiger partial charge on any atom is -0.0767 e. The van der Waals surface area contributed by atoms with Gasteiger partial charge in [0.1, 0.15) is 17.8 Å². The summed E-state index contributed by atoms with van der Waals surface area (Å²) in [5.41, 5.74) is 2.88. The third-order valence-electron chi connectivity index (χ3n) is 8.37. The van der Waals surface area contributed by atoms with Crippen molar-refractivity contribution in [2.45, 2.75) is 82.8 Å². The maximum atomic E-state index is 14.0. The molecule has 2 radical (unpaired) electrons. The summed E-state index contributed by atoms with van der Waals surface area (Å²) >= 11 is 5.95. The second-order valence-corrected chi connectivity index (χ2v) is 14.7. The van der Waals surface area contributed by atoms with Gasteiger partial charge >= 0.3 is 58.4 Å². The van der Waals surface area contributed by atoms with Crippen molar-refractivity contribution in [3.63, 3.8) is 0 Å². The molecule has 0 bridgehead atoms. The van der Waals surface area contributed by atoms with E-state index in [2.05, 4.69) is 5.32 Å². The molecule has 16 heteroatoms. The molecule has 5 rings (SSSR count). The number of nitrogens with one attached hydrogen (secondary N) is 1. The first-order valence-electron chi connectivity index (χ1n) is 16.3. The number of amides is 2. The predicted molar refractivity (Wildman–Crippen MR) is 182 cm³/mol. The van der Waals surface area contributed by atoms with Crippen molar-refractivity contribution < 1.29 is 68.9 Å². The van der Waals surface area contributed by atoms with Gasteiger partial charge in [0.2, 0.25) is 11.8 Å². The molecule has 1 fully saturated rings. The van der Waals surface area contributed by atoms with Crippen LogP contribution in [-0.2, 0) is 58.0 Å². The zero-order valence-corrected chi connectivity index (χ0v) is 31.3. The number of methoxy groups -OCH3 is 1. The molecule has 2 aromatic carbocycles. The summed E-state index contributed by atoms with van der Waals surface area (Å²) in [6, 6.07) is 11.3. The van der Waals surface area contributed by atoms with Crippen molar-refractivity contribution in [2.24, 2.45) is 5.92 Å². The van der Waals surface area contributed by atoms with Gasteiger partial charge in [-0.15, -0.1) is 0 Å². The first kappa shape index (κ1) is 44.2. The molecule has 0 aromatic heterocycles. The summed E-state index contributed by atoms with van der Waals surface area (Å²) < 4.78 is 64.2. The van der Waals surface area contributed by atoms with Gasteiger partial charge < -0.3 is 20.1 Å². The van der Waals surface area contributed by atoms with E-state index in [1.807, 2.05) is 55.0 Å². The molecule has 1 aliphatic heterocycles. The van der Waals surface area contributed by atoms with Crippen molar-refractivity contribution in [3.05, 3.63) is 94.9 Å². The van der Waals surface area contributed by atoms with E-state index in [0.717, 1.165) is 56.1 Å². The van der Waals surface area contributed by atoms with Crippen LogP contribution < -0.4 is 5.32 Å². The van der Waals surface area contributed by atoms with Crippen LogP contribution in [-0.4, -0.2) is 47.0 Å². The molecule has 7 nitrogen and oxygen atoms in total. The molecule has 284 valence electrons. The number of halogens is 7. The number of hydrogen-bond acceptors (Lipinski definition) is 5. The maximum Gasteiger partial charge on any atom is 1.00 e. The molecule has 1 saturated carbocycles. The van der Waals surface area contributed by atoms with Gasteiger partial charge in [0.15, 0.2) is 0 Å². The number of hydrogen-bond donors (Lipinski definition) is 2. The second-order valence-electron chi connectivity index (χ2n) is 12.4. The fraction of sp³-hybridized carbons (Fsp3) is 0.429. The second kappa shape index (κ2) is 18.7. The van der Waals surface area contributed by atoms with Gasteiger partial charge in [0.25, 0.3) is 0 Å². The number of aromatic hydroxyl groups is 1. The number of phenols is 1. The molecule has 0 spiro atoms. The first-order valence-corrected chi connectivity index (χ1v) is 18.7. The van der Waals surface area contributed by atoms with Crippen molar-refractivity contribution in [2.75, 3.05) is 7.11 Å². The van der Waals surface area contributed by atoms with Crippen LogP contribution in [0, 0.1) is 12.3 Å². The van der Waals surface area contributed by atoms with Crippen LogP contribution in [0.25, 0.3) is 0 Å². The van der Waals surface area contributed by atoms with Crippen LogP contribution in [0.2, 0.25) is 5.02 Å². The quantitative estimate of drug-likeness (QED) is 0.0862.